The number of hydrogen-bond acceptors (Lipinski definition) is 6. The van der Waals surface area contributed by atoms with Crippen LogP contribution in [0.4, 0.5) is 5.13 Å². The van der Waals surface area contributed by atoms with E-state index in [1.165, 1.54) is 7.11 Å². The van der Waals surface area contributed by atoms with Gasteiger partial charge in [0.2, 0.25) is 0 Å². The molecule has 2 aromatic rings. The molecule has 2 aromatic heterocycles. The average Bonchev–Trinajstić information content (AvgIpc) is 3.07. The predicted molar refractivity (Wildman–Crippen MR) is 73.2 cm³/mol. The summed E-state index contributed by atoms with van der Waals surface area (Å²) in [6, 6.07) is 1.90. The van der Waals surface area contributed by atoms with Crippen LogP contribution in [-0.2, 0) is 22.5 Å². The van der Waals surface area contributed by atoms with Gasteiger partial charge >= 0.3 is 5.97 Å². The highest BCUT2D eigenvalue weighted by atomic mass is 32.1. The molecular weight excluding hydrogens is 264 g/mol. The molecule has 0 spiro atoms. The second-order valence-corrected chi connectivity index (χ2v) is 4.77. The molecule has 0 saturated carbocycles. The van der Waals surface area contributed by atoms with Crippen LogP contribution in [0.1, 0.15) is 12.1 Å². The summed E-state index contributed by atoms with van der Waals surface area (Å²) in [6.45, 7) is 1.57. The summed E-state index contributed by atoms with van der Waals surface area (Å²) in [4.78, 5) is 15.4. The number of methoxy groups -OCH3 is 1. The van der Waals surface area contributed by atoms with Crippen LogP contribution < -0.4 is 5.32 Å². The van der Waals surface area contributed by atoms with Gasteiger partial charge in [0.15, 0.2) is 5.13 Å². The number of esters is 1. The smallest absolute Gasteiger partial charge is 0.305 e. The molecule has 2 heterocycles. The van der Waals surface area contributed by atoms with E-state index >= 15 is 0 Å². The molecule has 6 nitrogen and oxygen atoms in total. The van der Waals surface area contributed by atoms with Crippen molar-refractivity contribution in [3.05, 3.63) is 29.5 Å². The molecule has 102 valence electrons. The van der Waals surface area contributed by atoms with Crippen molar-refractivity contribution in [3.63, 3.8) is 0 Å². The fraction of sp³-hybridized carbons (Fsp3) is 0.417. The molecule has 0 aliphatic heterocycles. The van der Waals surface area contributed by atoms with Crippen molar-refractivity contribution in [2.45, 2.75) is 19.4 Å². The second kappa shape index (κ2) is 6.89. The van der Waals surface area contributed by atoms with Crippen LogP contribution in [0.3, 0.4) is 0 Å². The van der Waals surface area contributed by atoms with E-state index < -0.39 is 0 Å². The normalized spacial score (nSPS) is 10.4. The molecule has 0 amide bonds. The van der Waals surface area contributed by atoms with Gasteiger partial charge in [0, 0.05) is 30.7 Å². The van der Waals surface area contributed by atoms with Gasteiger partial charge < -0.3 is 10.1 Å². The lowest BCUT2D eigenvalue weighted by Gasteiger charge is -2.02. The molecule has 0 radical (unpaired) electrons. The number of rotatable bonds is 7. The van der Waals surface area contributed by atoms with Crippen molar-refractivity contribution in [1.82, 2.24) is 14.8 Å². The Morgan fingerprint density at radius 1 is 1.58 bits per heavy atom. The molecule has 0 atom stereocenters. The second-order valence-electron chi connectivity index (χ2n) is 3.92. The molecule has 1 N–H and O–H groups in total. The van der Waals surface area contributed by atoms with Crippen molar-refractivity contribution in [2.24, 2.45) is 0 Å². The van der Waals surface area contributed by atoms with Crippen LogP contribution in [0.15, 0.2) is 23.8 Å². The third-order valence-corrected chi connectivity index (χ3v) is 3.39. The molecule has 0 aliphatic rings. The molecule has 0 unspecified atom stereocenters. The lowest BCUT2D eigenvalue weighted by Crippen LogP contribution is -2.10. The molecular formula is C12H16N4O2S. The fourth-order valence-electron chi connectivity index (χ4n) is 1.55. The van der Waals surface area contributed by atoms with E-state index in [9.17, 15) is 4.79 Å². The van der Waals surface area contributed by atoms with E-state index in [-0.39, 0.29) is 5.97 Å². The van der Waals surface area contributed by atoms with Crippen LogP contribution in [-0.4, -0.2) is 34.4 Å². The van der Waals surface area contributed by atoms with Crippen LogP contribution in [0, 0.1) is 0 Å². The first kappa shape index (κ1) is 13.5. The molecule has 7 heteroatoms. The summed E-state index contributed by atoms with van der Waals surface area (Å²) in [5.74, 6) is -0.207. The molecule has 19 heavy (non-hydrogen) atoms. The van der Waals surface area contributed by atoms with Crippen molar-refractivity contribution >= 4 is 22.4 Å². The summed E-state index contributed by atoms with van der Waals surface area (Å²) in [5.41, 5.74) is 0.914. The van der Waals surface area contributed by atoms with E-state index in [0.29, 0.717) is 12.8 Å². The zero-order valence-electron chi connectivity index (χ0n) is 10.7. The number of thiazole rings is 1. The zero-order chi connectivity index (χ0) is 13.5. The highest BCUT2D eigenvalue weighted by Gasteiger charge is 2.05. The maximum atomic E-state index is 11.0. The number of aromatic nitrogens is 3. The average molecular weight is 280 g/mol. The van der Waals surface area contributed by atoms with Crippen LogP contribution >= 0.6 is 11.3 Å². The van der Waals surface area contributed by atoms with Gasteiger partial charge in [-0.25, -0.2) is 4.98 Å². The molecule has 0 bridgehead atoms. The summed E-state index contributed by atoms with van der Waals surface area (Å²) >= 11 is 1.54. The Kier molecular flexibility index (Phi) is 4.91. The summed E-state index contributed by atoms with van der Waals surface area (Å²) in [5, 5.41) is 10.2. The van der Waals surface area contributed by atoms with Crippen molar-refractivity contribution in [1.29, 1.82) is 0 Å². The van der Waals surface area contributed by atoms with Gasteiger partial charge in [0.25, 0.3) is 0 Å². The monoisotopic (exact) mass is 280 g/mol. The van der Waals surface area contributed by atoms with Gasteiger partial charge in [-0.2, -0.15) is 5.10 Å². The first-order valence-electron chi connectivity index (χ1n) is 6.00. The largest absolute Gasteiger partial charge is 0.469 e. The van der Waals surface area contributed by atoms with Crippen LogP contribution in [0.25, 0.3) is 0 Å². The fourth-order valence-corrected chi connectivity index (χ4v) is 2.32. The number of nitrogens with zero attached hydrogens (tertiary/aromatic N) is 3. The SMILES string of the molecule is COC(=O)CCc1csc(NCCn2cccn2)n1. The molecule has 0 saturated heterocycles. The lowest BCUT2D eigenvalue weighted by atomic mass is 10.2. The Bertz CT molecular complexity index is 510. The maximum absolute atomic E-state index is 11.0. The first-order valence-corrected chi connectivity index (χ1v) is 6.88. The van der Waals surface area contributed by atoms with Crippen molar-refractivity contribution < 1.29 is 9.53 Å². The van der Waals surface area contributed by atoms with Gasteiger partial charge in [-0.3, -0.25) is 9.48 Å². The Morgan fingerprint density at radius 3 is 3.21 bits per heavy atom. The van der Waals surface area contributed by atoms with Gasteiger partial charge in [-0.1, -0.05) is 0 Å². The number of hydrogen-bond donors (Lipinski definition) is 1. The third kappa shape index (κ3) is 4.36. The van der Waals surface area contributed by atoms with E-state index in [1.807, 2.05) is 22.3 Å². The topological polar surface area (TPSA) is 69.0 Å². The quantitative estimate of drug-likeness (QED) is 0.779. The number of aryl methyl sites for hydroxylation is 1. The maximum Gasteiger partial charge on any atom is 0.305 e. The minimum absolute atomic E-state index is 0.207. The van der Waals surface area contributed by atoms with Gasteiger partial charge in [0.05, 0.1) is 25.8 Å². The zero-order valence-corrected chi connectivity index (χ0v) is 11.5. The number of ether oxygens (including phenoxy) is 1. The third-order valence-electron chi connectivity index (χ3n) is 2.54. The highest BCUT2D eigenvalue weighted by Crippen LogP contribution is 2.16. The van der Waals surface area contributed by atoms with Crippen LogP contribution in [0.5, 0.6) is 0 Å². The van der Waals surface area contributed by atoms with Crippen molar-refractivity contribution in [2.75, 3.05) is 19.0 Å². The minimum atomic E-state index is -0.207. The van der Waals surface area contributed by atoms with E-state index in [0.717, 1.165) is 23.9 Å². The molecule has 0 fully saturated rings. The predicted octanol–water partition coefficient (Wildman–Crippen LogP) is 1.56. The van der Waals surface area contributed by atoms with E-state index in [4.69, 9.17) is 0 Å². The number of nitrogens with one attached hydrogen (secondary N) is 1. The van der Waals surface area contributed by atoms with Crippen LogP contribution in [0.2, 0.25) is 0 Å². The summed E-state index contributed by atoms with van der Waals surface area (Å²) in [7, 11) is 1.39. The Morgan fingerprint density at radius 2 is 2.47 bits per heavy atom. The summed E-state index contributed by atoms with van der Waals surface area (Å²) in [6.07, 6.45) is 4.66. The van der Waals surface area contributed by atoms with Gasteiger partial charge in [-0.15, -0.1) is 11.3 Å². The molecule has 0 aromatic carbocycles. The highest BCUT2D eigenvalue weighted by molar-refractivity contribution is 7.13. The molecule has 2 rings (SSSR count). The Hall–Kier alpha value is -1.89. The van der Waals surface area contributed by atoms with E-state index in [1.54, 1.807) is 17.5 Å². The minimum Gasteiger partial charge on any atom is -0.469 e. The lowest BCUT2D eigenvalue weighted by molar-refractivity contribution is -0.140. The Labute approximate surface area is 115 Å². The first-order chi connectivity index (χ1) is 9.28. The standard InChI is InChI=1S/C12H16N4O2S/c1-18-11(17)4-3-10-9-19-12(15-10)13-6-8-16-7-2-5-14-16/h2,5,7,9H,3-4,6,8H2,1H3,(H,13,15). The van der Waals surface area contributed by atoms with Crippen molar-refractivity contribution in [3.8, 4) is 0 Å². The number of anilines is 1. The van der Waals surface area contributed by atoms with Gasteiger partial charge in [0.1, 0.15) is 0 Å². The van der Waals surface area contributed by atoms with Gasteiger partial charge in [-0.05, 0) is 6.07 Å². The number of carbonyl (C=O) groups is 1. The number of carbonyl (C=O) groups excluding carboxylic acids is 1. The Balaban J connectivity index is 1.73. The molecule has 0 aliphatic carbocycles. The van der Waals surface area contributed by atoms with E-state index in [2.05, 4.69) is 20.1 Å². The summed E-state index contributed by atoms with van der Waals surface area (Å²) < 4.78 is 6.46.